The zero-order valence-electron chi connectivity index (χ0n) is 31.2. The lowest BCUT2D eigenvalue weighted by Crippen LogP contribution is -1.97. The summed E-state index contributed by atoms with van der Waals surface area (Å²) in [5.74, 6) is 0. The second-order valence-corrected chi connectivity index (χ2v) is 14.8. The van der Waals surface area contributed by atoms with Crippen molar-refractivity contribution < 1.29 is 0 Å². The Kier molecular flexibility index (Phi) is 7.52. The summed E-state index contributed by atoms with van der Waals surface area (Å²) in [7, 11) is 0. The lowest BCUT2D eigenvalue weighted by atomic mass is 9.82. The Morgan fingerprint density at radius 1 is 0.404 bits per heavy atom. The van der Waals surface area contributed by atoms with Crippen LogP contribution in [0.1, 0.15) is 11.3 Å². The van der Waals surface area contributed by atoms with Crippen molar-refractivity contribution in [1.29, 1.82) is 5.41 Å². The molecule has 0 atom stereocenters. The summed E-state index contributed by atoms with van der Waals surface area (Å²) in [6.07, 6.45) is 3.33. The van der Waals surface area contributed by atoms with Crippen LogP contribution in [0.15, 0.2) is 195 Å². The van der Waals surface area contributed by atoms with Gasteiger partial charge in [-0.1, -0.05) is 158 Å². The van der Waals surface area contributed by atoms with Gasteiger partial charge in [-0.15, -0.1) is 0 Å². The molecule has 57 heavy (non-hydrogen) atoms. The number of hydrogen-bond acceptors (Lipinski definition) is 1. The fourth-order valence-corrected chi connectivity index (χ4v) is 9.37. The number of benzene rings is 10. The molecular formula is C55H36N2. The summed E-state index contributed by atoms with van der Waals surface area (Å²) in [5, 5.41) is 21.9. The standard InChI is InChI=1S/C55H36N2/c1-2-52-51(34-56)48-31-37(28-30-53(48)57(52)39-18-4-3-5-19-39)36-27-29-47-50(32-36)54(44-26-14-17-35-15-6-8-20-40(35)44)45-24-12-13-25-46(45)55(47)49-33-38-16-7-9-21-41(38)42-22-10-11-23-43(42)49/h2-34,56H,1H2. The van der Waals surface area contributed by atoms with Crippen molar-refractivity contribution in [3.05, 3.63) is 206 Å². The van der Waals surface area contributed by atoms with Gasteiger partial charge < -0.3 is 9.98 Å². The van der Waals surface area contributed by atoms with Crippen molar-refractivity contribution in [2.24, 2.45) is 0 Å². The Hall–Kier alpha value is -7.55. The minimum Gasteiger partial charge on any atom is -0.309 e. The average molecular weight is 725 g/mol. The van der Waals surface area contributed by atoms with Crippen LogP contribution in [0.25, 0.3) is 110 Å². The van der Waals surface area contributed by atoms with E-state index in [1.54, 1.807) is 0 Å². The van der Waals surface area contributed by atoms with Crippen LogP contribution in [0.2, 0.25) is 0 Å². The predicted molar refractivity (Wildman–Crippen MR) is 245 cm³/mol. The zero-order chi connectivity index (χ0) is 38.0. The number of aromatic nitrogens is 1. The molecule has 0 spiro atoms. The van der Waals surface area contributed by atoms with Gasteiger partial charge in [0.15, 0.2) is 0 Å². The molecule has 11 rings (SSSR count). The van der Waals surface area contributed by atoms with Gasteiger partial charge in [0.1, 0.15) is 0 Å². The first kappa shape index (κ1) is 32.8. The molecule has 266 valence electrons. The maximum Gasteiger partial charge on any atom is 0.0550 e. The van der Waals surface area contributed by atoms with Gasteiger partial charge in [0, 0.05) is 22.9 Å². The highest BCUT2D eigenvalue weighted by Crippen LogP contribution is 2.48. The third-order valence-corrected chi connectivity index (χ3v) is 11.9. The number of para-hydroxylation sites is 1. The highest BCUT2D eigenvalue weighted by atomic mass is 15.0. The van der Waals surface area contributed by atoms with Crippen molar-refractivity contribution in [2.75, 3.05) is 0 Å². The Balaban J connectivity index is 1.26. The fraction of sp³-hybridized carbons (Fsp3) is 0. The molecule has 0 bridgehead atoms. The molecule has 1 aromatic heterocycles. The number of nitrogens with one attached hydrogen (secondary N) is 1. The van der Waals surface area contributed by atoms with E-state index in [9.17, 15) is 0 Å². The molecule has 0 aliphatic carbocycles. The van der Waals surface area contributed by atoms with Crippen LogP contribution in [0.5, 0.6) is 0 Å². The van der Waals surface area contributed by atoms with Gasteiger partial charge in [-0.05, 0) is 130 Å². The first-order chi connectivity index (χ1) is 28.2. The molecule has 0 aliphatic heterocycles. The molecule has 10 aromatic carbocycles. The van der Waals surface area contributed by atoms with Crippen LogP contribution in [-0.4, -0.2) is 10.8 Å². The number of nitrogens with zero attached hydrogens (tertiary/aromatic N) is 1. The Morgan fingerprint density at radius 2 is 0.965 bits per heavy atom. The van der Waals surface area contributed by atoms with Gasteiger partial charge >= 0.3 is 0 Å². The second-order valence-electron chi connectivity index (χ2n) is 14.8. The van der Waals surface area contributed by atoms with Gasteiger partial charge in [0.2, 0.25) is 0 Å². The van der Waals surface area contributed by atoms with E-state index >= 15 is 0 Å². The quantitative estimate of drug-likeness (QED) is 0.100. The summed E-state index contributed by atoms with van der Waals surface area (Å²) in [5.41, 5.74) is 11.0. The minimum absolute atomic E-state index is 0.861. The summed E-state index contributed by atoms with van der Waals surface area (Å²) in [6.45, 7) is 4.17. The molecule has 0 amide bonds. The van der Waals surface area contributed by atoms with Crippen molar-refractivity contribution in [1.82, 2.24) is 4.57 Å². The molecule has 0 saturated heterocycles. The molecule has 0 radical (unpaired) electrons. The molecule has 2 heteroatoms. The molecule has 11 aromatic rings. The molecule has 1 N–H and O–H groups in total. The van der Waals surface area contributed by atoms with E-state index in [0.717, 1.165) is 39.0 Å². The molecular weight excluding hydrogens is 689 g/mol. The van der Waals surface area contributed by atoms with Crippen LogP contribution in [0, 0.1) is 5.41 Å². The van der Waals surface area contributed by atoms with Crippen LogP contribution in [-0.2, 0) is 0 Å². The van der Waals surface area contributed by atoms with Crippen molar-refractivity contribution >= 4 is 77.1 Å². The number of hydrogen-bond donors (Lipinski definition) is 1. The topological polar surface area (TPSA) is 28.8 Å². The van der Waals surface area contributed by atoms with Gasteiger partial charge in [0.05, 0.1) is 11.2 Å². The molecule has 0 fully saturated rings. The Morgan fingerprint density at radius 3 is 1.70 bits per heavy atom. The fourth-order valence-electron chi connectivity index (χ4n) is 9.37. The third-order valence-electron chi connectivity index (χ3n) is 11.9. The minimum atomic E-state index is 0.861. The lowest BCUT2D eigenvalue weighted by molar-refractivity contribution is 1.11. The summed E-state index contributed by atoms with van der Waals surface area (Å²) < 4.78 is 2.21. The maximum absolute atomic E-state index is 8.52. The van der Waals surface area contributed by atoms with Crippen molar-refractivity contribution in [3.8, 4) is 39.1 Å². The van der Waals surface area contributed by atoms with Crippen molar-refractivity contribution in [2.45, 2.75) is 0 Å². The SMILES string of the molecule is C=Cc1c(C=N)c2cc(-c3ccc4c(-c5cc6ccccc6c6ccccc56)c5ccccc5c(-c5cccc6ccccc56)c4c3)ccc2n1-c1ccccc1. The molecule has 0 unspecified atom stereocenters. The first-order valence-corrected chi connectivity index (χ1v) is 19.5. The van der Waals surface area contributed by atoms with Gasteiger partial charge in [-0.3, -0.25) is 0 Å². The van der Waals surface area contributed by atoms with E-state index in [4.69, 9.17) is 5.41 Å². The average Bonchev–Trinajstić information content (AvgIpc) is 3.61. The number of rotatable bonds is 6. The monoisotopic (exact) mass is 724 g/mol. The van der Waals surface area contributed by atoms with E-state index in [0.29, 0.717) is 0 Å². The normalized spacial score (nSPS) is 11.6. The van der Waals surface area contributed by atoms with Gasteiger partial charge in [-0.25, -0.2) is 0 Å². The smallest absolute Gasteiger partial charge is 0.0550 e. The lowest BCUT2D eigenvalue weighted by Gasteiger charge is -2.21. The summed E-state index contributed by atoms with van der Waals surface area (Å²) >= 11 is 0. The summed E-state index contributed by atoms with van der Waals surface area (Å²) in [6, 6.07) is 68.4. The number of fused-ring (bicyclic) bond motifs is 7. The predicted octanol–water partition coefficient (Wildman–Crippen LogP) is 15.0. The maximum atomic E-state index is 8.52. The Bertz CT molecular complexity index is 3430. The highest BCUT2D eigenvalue weighted by Gasteiger charge is 2.22. The molecule has 1 heterocycles. The first-order valence-electron chi connectivity index (χ1n) is 19.5. The zero-order valence-corrected chi connectivity index (χ0v) is 31.2. The highest BCUT2D eigenvalue weighted by molar-refractivity contribution is 6.27. The third kappa shape index (κ3) is 5.01. The van der Waals surface area contributed by atoms with Crippen LogP contribution in [0.3, 0.4) is 0 Å². The van der Waals surface area contributed by atoms with Crippen LogP contribution in [0.4, 0.5) is 0 Å². The largest absolute Gasteiger partial charge is 0.309 e. The van der Waals surface area contributed by atoms with Gasteiger partial charge in [0.25, 0.3) is 0 Å². The van der Waals surface area contributed by atoms with Crippen molar-refractivity contribution in [3.63, 3.8) is 0 Å². The Labute approximate surface area is 330 Å². The van der Waals surface area contributed by atoms with Gasteiger partial charge in [-0.2, -0.15) is 0 Å². The van der Waals surface area contributed by atoms with Crippen LogP contribution < -0.4 is 0 Å². The van der Waals surface area contributed by atoms with E-state index in [1.165, 1.54) is 82.3 Å². The molecule has 2 nitrogen and oxygen atoms in total. The van der Waals surface area contributed by atoms with Crippen LogP contribution >= 0.6 is 0 Å². The van der Waals surface area contributed by atoms with E-state index in [1.807, 2.05) is 24.3 Å². The molecule has 0 saturated carbocycles. The molecule has 0 aliphatic rings. The summed E-state index contributed by atoms with van der Waals surface area (Å²) in [4.78, 5) is 0. The van der Waals surface area contributed by atoms with E-state index < -0.39 is 0 Å². The second kappa shape index (κ2) is 13.0. The van der Waals surface area contributed by atoms with E-state index in [2.05, 4.69) is 181 Å². The van der Waals surface area contributed by atoms with E-state index in [-0.39, 0.29) is 0 Å².